The highest BCUT2D eigenvalue weighted by molar-refractivity contribution is 7.16. The first kappa shape index (κ1) is 15.7. The maximum atomic E-state index is 11.9. The van der Waals surface area contributed by atoms with Gasteiger partial charge in [0.25, 0.3) is 0 Å². The van der Waals surface area contributed by atoms with Crippen molar-refractivity contribution < 1.29 is 9.53 Å². The third kappa shape index (κ3) is 3.34. The number of carbonyl (C=O) groups is 1. The van der Waals surface area contributed by atoms with Crippen LogP contribution in [0.3, 0.4) is 0 Å². The number of nitrogen functional groups attached to an aromatic ring is 1. The van der Waals surface area contributed by atoms with E-state index in [1.54, 1.807) is 0 Å². The zero-order valence-corrected chi connectivity index (χ0v) is 14.3. The number of carbonyl (C=O) groups excluding carboxylic acids is 1. The third-order valence-electron chi connectivity index (χ3n) is 4.16. The summed E-state index contributed by atoms with van der Waals surface area (Å²) in [6, 6.07) is 17.9. The van der Waals surface area contributed by atoms with Crippen molar-refractivity contribution in [3.63, 3.8) is 0 Å². The largest absolute Gasteiger partial charge is 0.489 e. The van der Waals surface area contributed by atoms with Gasteiger partial charge >= 0.3 is 0 Å². The van der Waals surface area contributed by atoms with Crippen LogP contribution in [-0.2, 0) is 11.4 Å². The molecule has 1 amide bonds. The van der Waals surface area contributed by atoms with Crippen molar-refractivity contribution in [2.75, 3.05) is 11.1 Å². The van der Waals surface area contributed by atoms with Gasteiger partial charge in [0.1, 0.15) is 18.2 Å². The molecule has 6 heteroatoms. The Morgan fingerprint density at radius 3 is 2.68 bits per heavy atom. The monoisotopic (exact) mass is 351 g/mol. The molecule has 0 fully saturated rings. The van der Waals surface area contributed by atoms with Crippen LogP contribution in [0.15, 0.2) is 54.6 Å². The summed E-state index contributed by atoms with van der Waals surface area (Å²) in [5.41, 5.74) is 7.99. The number of thiazole rings is 1. The molecule has 0 radical (unpaired) electrons. The van der Waals surface area contributed by atoms with Crippen LogP contribution in [0.5, 0.6) is 5.75 Å². The molecule has 1 aliphatic rings. The Morgan fingerprint density at radius 2 is 1.92 bits per heavy atom. The van der Waals surface area contributed by atoms with Crippen LogP contribution in [0.25, 0.3) is 0 Å². The number of ether oxygens (including phenoxy) is 1. The lowest BCUT2D eigenvalue weighted by atomic mass is 9.91. The molecule has 1 aromatic heterocycles. The Morgan fingerprint density at radius 1 is 1.16 bits per heavy atom. The van der Waals surface area contributed by atoms with Crippen molar-refractivity contribution in [3.05, 3.63) is 70.6 Å². The molecular formula is C19H17N3O2S. The Hall–Kier alpha value is -2.86. The van der Waals surface area contributed by atoms with Gasteiger partial charge in [0.15, 0.2) is 5.13 Å². The van der Waals surface area contributed by atoms with Crippen molar-refractivity contribution in [2.45, 2.75) is 18.9 Å². The van der Waals surface area contributed by atoms with E-state index in [9.17, 15) is 4.79 Å². The SMILES string of the molecule is Nc1nc2c(s1)C(c1ccc(OCc3ccccc3)cc1)CC(=O)N2. The predicted molar refractivity (Wildman–Crippen MR) is 98.8 cm³/mol. The summed E-state index contributed by atoms with van der Waals surface area (Å²) in [7, 11) is 0. The second kappa shape index (κ2) is 6.57. The number of nitrogens with zero attached hydrogens (tertiary/aromatic N) is 1. The van der Waals surface area contributed by atoms with Crippen LogP contribution in [0.4, 0.5) is 10.9 Å². The number of benzene rings is 2. The van der Waals surface area contributed by atoms with Crippen LogP contribution >= 0.6 is 11.3 Å². The molecule has 0 bridgehead atoms. The maximum absolute atomic E-state index is 11.9. The van der Waals surface area contributed by atoms with Crippen molar-refractivity contribution in [3.8, 4) is 5.75 Å². The van der Waals surface area contributed by atoms with Gasteiger partial charge in [-0.15, -0.1) is 0 Å². The van der Waals surface area contributed by atoms with E-state index < -0.39 is 0 Å². The van der Waals surface area contributed by atoms with E-state index >= 15 is 0 Å². The minimum Gasteiger partial charge on any atom is -0.489 e. The van der Waals surface area contributed by atoms with Crippen LogP contribution in [0.2, 0.25) is 0 Å². The second-order valence-electron chi connectivity index (χ2n) is 5.91. The molecule has 0 aliphatic carbocycles. The molecule has 126 valence electrons. The molecule has 3 aromatic rings. The van der Waals surface area contributed by atoms with E-state index in [1.165, 1.54) is 11.3 Å². The van der Waals surface area contributed by atoms with Gasteiger partial charge in [-0.05, 0) is 23.3 Å². The van der Waals surface area contributed by atoms with Gasteiger partial charge in [-0.3, -0.25) is 4.79 Å². The van der Waals surface area contributed by atoms with E-state index in [2.05, 4.69) is 10.3 Å². The van der Waals surface area contributed by atoms with Gasteiger partial charge in [-0.1, -0.05) is 53.8 Å². The first-order valence-electron chi connectivity index (χ1n) is 8.02. The van der Waals surface area contributed by atoms with Gasteiger partial charge < -0.3 is 15.8 Å². The van der Waals surface area contributed by atoms with Gasteiger partial charge in [0, 0.05) is 12.3 Å². The highest BCUT2D eigenvalue weighted by Crippen LogP contribution is 2.41. The minimum atomic E-state index is -0.0350. The molecule has 5 nitrogen and oxygen atoms in total. The molecule has 0 saturated carbocycles. The fraction of sp³-hybridized carbons (Fsp3) is 0.158. The molecule has 0 spiro atoms. The van der Waals surface area contributed by atoms with E-state index in [4.69, 9.17) is 10.5 Å². The van der Waals surface area contributed by atoms with Crippen molar-refractivity contribution >= 4 is 28.2 Å². The zero-order chi connectivity index (χ0) is 17.2. The van der Waals surface area contributed by atoms with Gasteiger partial charge in [-0.25, -0.2) is 4.98 Å². The van der Waals surface area contributed by atoms with Crippen LogP contribution in [0, 0.1) is 0 Å². The fourth-order valence-electron chi connectivity index (χ4n) is 2.94. The zero-order valence-electron chi connectivity index (χ0n) is 13.4. The quantitative estimate of drug-likeness (QED) is 0.750. The average Bonchev–Trinajstić information content (AvgIpc) is 3.00. The van der Waals surface area contributed by atoms with Gasteiger partial charge in [-0.2, -0.15) is 0 Å². The second-order valence-corrected chi connectivity index (χ2v) is 6.98. The molecular weight excluding hydrogens is 334 g/mol. The first-order valence-corrected chi connectivity index (χ1v) is 8.83. The number of anilines is 2. The third-order valence-corrected chi connectivity index (χ3v) is 5.16. The topological polar surface area (TPSA) is 77.2 Å². The van der Waals surface area contributed by atoms with Crippen LogP contribution in [0.1, 0.15) is 28.3 Å². The Kier molecular flexibility index (Phi) is 4.11. The number of amides is 1. The number of fused-ring (bicyclic) bond motifs is 1. The highest BCUT2D eigenvalue weighted by Gasteiger charge is 2.29. The van der Waals surface area contributed by atoms with E-state index in [-0.39, 0.29) is 11.8 Å². The summed E-state index contributed by atoms with van der Waals surface area (Å²) < 4.78 is 5.82. The molecule has 1 aliphatic heterocycles. The highest BCUT2D eigenvalue weighted by atomic mass is 32.1. The number of hydrogen-bond donors (Lipinski definition) is 2. The number of nitrogens with one attached hydrogen (secondary N) is 1. The lowest BCUT2D eigenvalue weighted by molar-refractivity contribution is -0.116. The summed E-state index contributed by atoms with van der Waals surface area (Å²) >= 11 is 1.43. The van der Waals surface area contributed by atoms with Crippen molar-refractivity contribution in [1.82, 2.24) is 4.98 Å². The standard InChI is InChI=1S/C19H17N3O2S/c20-19-22-18-17(25-19)15(10-16(23)21-18)13-6-8-14(9-7-13)24-11-12-4-2-1-3-5-12/h1-9,15H,10-11H2,(H2,20,22)(H,21,23). The maximum Gasteiger partial charge on any atom is 0.226 e. The lowest BCUT2D eigenvalue weighted by Crippen LogP contribution is -2.22. The van der Waals surface area contributed by atoms with Gasteiger partial charge in [0.2, 0.25) is 5.91 Å². The molecule has 1 unspecified atom stereocenters. The number of hydrogen-bond acceptors (Lipinski definition) is 5. The summed E-state index contributed by atoms with van der Waals surface area (Å²) in [4.78, 5) is 17.1. The summed E-state index contributed by atoms with van der Waals surface area (Å²) in [5, 5.41) is 3.26. The van der Waals surface area contributed by atoms with Crippen LogP contribution in [-0.4, -0.2) is 10.9 Å². The Labute approximate surface area is 149 Å². The molecule has 25 heavy (non-hydrogen) atoms. The summed E-state index contributed by atoms with van der Waals surface area (Å²) in [6.07, 6.45) is 0.402. The van der Waals surface area contributed by atoms with E-state index in [0.29, 0.717) is 24.0 Å². The van der Waals surface area contributed by atoms with E-state index in [1.807, 2.05) is 54.6 Å². The first-order chi connectivity index (χ1) is 12.2. The average molecular weight is 351 g/mol. The number of rotatable bonds is 4. The summed E-state index contributed by atoms with van der Waals surface area (Å²) in [6.45, 7) is 0.529. The molecule has 3 N–H and O–H groups in total. The normalized spacial score (nSPS) is 16.2. The smallest absolute Gasteiger partial charge is 0.226 e. The fourth-order valence-corrected chi connectivity index (χ4v) is 3.86. The Balaban J connectivity index is 1.51. The Bertz CT molecular complexity index is 891. The molecule has 2 aromatic carbocycles. The predicted octanol–water partition coefficient (Wildman–Crippen LogP) is 3.78. The lowest BCUT2D eigenvalue weighted by Gasteiger charge is -2.21. The molecule has 1 atom stereocenters. The number of aromatic nitrogens is 1. The molecule has 4 rings (SSSR count). The summed E-state index contributed by atoms with van der Waals surface area (Å²) in [5.74, 6) is 1.35. The molecule has 2 heterocycles. The van der Waals surface area contributed by atoms with Gasteiger partial charge in [0.05, 0.1) is 4.88 Å². The van der Waals surface area contributed by atoms with Crippen molar-refractivity contribution in [1.29, 1.82) is 0 Å². The minimum absolute atomic E-state index is 0.0123. The van der Waals surface area contributed by atoms with Crippen molar-refractivity contribution in [2.24, 2.45) is 0 Å². The number of nitrogens with two attached hydrogens (primary N) is 1. The van der Waals surface area contributed by atoms with E-state index in [0.717, 1.165) is 21.8 Å². The van der Waals surface area contributed by atoms with Crippen LogP contribution < -0.4 is 15.8 Å². The molecule has 0 saturated heterocycles.